The van der Waals surface area contributed by atoms with Crippen LogP contribution < -0.4 is 5.32 Å². The Balaban J connectivity index is 1.84. The quantitative estimate of drug-likeness (QED) is 0.722. The fourth-order valence-corrected chi connectivity index (χ4v) is 2.64. The Kier molecular flexibility index (Phi) is 4.10. The largest absolute Gasteiger partial charge is 0.385 e. The standard InChI is InChI=1S/C13H22N2O4/c1-3-15-7-10(6-11(15)16)12(17)14-8-13(18)4-5-19-9(13)2/h9-10,18H,3-8H2,1-2H3,(H,14,17). The Morgan fingerprint density at radius 1 is 1.63 bits per heavy atom. The molecule has 2 fully saturated rings. The number of likely N-dealkylation sites (tertiary alicyclic amines) is 1. The molecule has 2 aliphatic rings. The lowest BCUT2D eigenvalue weighted by Crippen LogP contribution is -2.48. The summed E-state index contributed by atoms with van der Waals surface area (Å²) in [5.74, 6) is -0.426. The Bertz CT molecular complexity index is 374. The van der Waals surface area contributed by atoms with Crippen molar-refractivity contribution < 1.29 is 19.4 Å². The first kappa shape index (κ1) is 14.3. The number of nitrogens with zero attached hydrogens (tertiary/aromatic N) is 1. The van der Waals surface area contributed by atoms with Crippen LogP contribution in [0.1, 0.15) is 26.7 Å². The van der Waals surface area contributed by atoms with Gasteiger partial charge in [-0.3, -0.25) is 9.59 Å². The fraction of sp³-hybridized carbons (Fsp3) is 0.846. The zero-order valence-corrected chi connectivity index (χ0v) is 11.5. The zero-order chi connectivity index (χ0) is 14.0. The molecule has 2 amide bonds. The Morgan fingerprint density at radius 2 is 2.37 bits per heavy atom. The van der Waals surface area contributed by atoms with Crippen LogP contribution in [0.25, 0.3) is 0 Å². The van der Waals surface area contributed by atoms with Crippen LogP contribution in [0.4, 0.5) is 0 Å². The van der Waals surface area contributed by atoms with Crippen molar-refractivity contribution in [2.45, 2.75) is 38.4 Å². The molecule has 3 atom stereocenters. The van der Waals surface area contributed by atoms with Gasteiger partial charge in [-0.05, 0) is 13.8 Å². The van der Waals surface area contributed by atoms with Gasteiger partial charge in [0.05, 0.1) is 12.0 Å². The maximum absolute atomic E-state index is 12.0. The SMILES string of the molecule is CCN1CC(C(=O)NCC2(O)CCOC2C)CC1=O. The highest BCUT2D eigenvalue weighted by Crippen LogP contribution is 2.25. The van der Waals surface area contributed by atoms with E-state index in [0.717, 1.165) is 0 Å². The molecule has 19 heavy (non-hydrogen) atoms. The number of carbonyl (C=O) groups excluding carboxylic acids is 2. The molecule has 0 bridgehead atoms. The monoisotopic (exact) mass is 270 g/mol. The summed E-state index contributed by atoms with van der Waals surface area (Å²) in [7, 11) is 0. The summed E-state index contributed by atoms with van der Waals surface area (Å²) in [6.07, 6.45) is 0.522. The number of rotatable bonds is 4. The van der Waals surface area contributed by atoms with Crippen molar-refractivity contribution in [2.24, 2.45) is 5.92 Å². The van der Waals surface area contributed by atoms with E-state index in [1.54, 1.807) is 11.8 Å². The van der Waals surface area contributed by atoms with Crippen molar-refractivity contribution in [2.75, 3.05) is 26.2 Å². The summed E-state index contributed by atoms with van der Waals surface area (Å²) in [5, 5.41) is 13.0. The summed E-state index contributed by atoms with van der Waals surface area (Å²) in [4.78, 5) is 25.3. The predicted molar refractivity (Wildman–Crippen MR) is 68.4 cm³/mol. The first-order chi connectivity index (χ1) is 8.96. The number of ether oxygens (including phenoxy) is 1. The number of amides is 2. The smallest absolute Gasteiger partial charge is 0.225 e. The van der Waals surface area contributed by atoms with Crippen molar-refractivity contribution in [3.8, 4) is 0 Å². The third kappa shape index (κ3) is 2.90. The highest BCUT2D eigenvalue weighted by atomic mass is 16.5. The first-order valence-electron chi connectivity index (χ1n) is 6.85. The zero-order valence-electron chi connectivity index (χ0n) is 11.5. The lowest BCUT2D eigenvalue weighted by atomic mass is 9.96. The van der Waals surface area contributed by atoms with E-state index in [2.05, 4.69) is 5.32 Å². The summed E-state index contributed by atoms with van der Waals surface area (Å²) in [6, 6.07) is 0. The summed E-state index contributed by atoms with van der Waals surface area (Å²) in [5.41, 5.74) is -0.983. The lowest BCUT2D eigenvalue weighted by molar-refractivity contribution is -0.129. The van der Waals surface area contributed by atoms with Gasteiger partial charge < -0.3 is 20.1 Å². The van der Waals surface area contributed by atoms with Crippen LogP contribution in [0.15, 0.2) is 0 Å². The molecule has 6 nitrogen and oxygen atoms in total. The molecular formula is C13H22N2O4. The third-order valence-corrected chi connectivity index (χ3v) is 4.20. The molecule has 2 N–H and O–H groups in total. The molecule has 0 aliphatic carbocycles. The highest BCUT2D eigenvalue weighted by Gasteiger charge is 2.41. The van der Waals surface area contributed by atoms with Gasteiger partial charge in [-0.1, -0.05) is 0 Å². The molecule has 6 heteroatoms. The molecule has 0 spiro atoms. The second kappa shape index (κ2) is 5.46. The average molecular weight is 270 g/mol. The predicted octanol–water partition coefficient (Wildman–Crippen LogP) is -0.489. The van der Waals surface area contributed by atoms with Crippen LogP contribution in [0.5, 0.6) is 0 Å². The molecule has 2 aliphatic heterocycles. The van der Waals surface area contributed by atoms with E-state index in [-0.39, 0.29) is 36.8 Å². The number of aliphatic hydroxyl groups is 1. The van der Waals surface area contributed by atoms with Crippen LogP contribution in [0.3, 0.4) is 0 Å². The minimum Gasteiger partial charge on any atom is -0.385 e. The van der Waals surface area contributed by atoms with Crippen LogP contribution in [-0.2, 0) is 14.3 Å². The molecule has 0 aromatic heterocycles. The summed E-state index contributed by atoms with van der Waals surface area (Å²) >= 11 is 0. The van der Waals surface area contributed by atoms with Crippen LogP contribution in [0.2, 0.25) is 0 Å². The van der Waals surface area contributed by atoms with Gasteiger partial charge in [-0.2, -0.15) is 0 Å². The molecule has 0 aromatic carbocycles. The van der Waals surface area contributed by atoms with E-state index in [4.69, 9.17) is 4.74 Å². The normalized spacial score (nSPS) is 34.9. The van der Waals surface area contributed by atoms with E-state index in [9.17, 15) is 14.7 Å². The van der Waals surface area contributed by atoms with E-state index in [0.29, 0.717) is 26.1 Å². The van der Waals surface area contributed by atoms with Gasteiger partial charge in [0.15, 0.2) is 0 Å². The summed E-state index contributed by atoms with van der Waals surface area (Å²) < 4.78 is 5.31. The average Bonchev–Trinajstić information content (AvgIpc) is 2.91. The Hall–Kier alpha value is -1.14. The Morgan fingerprint density at radius 3 is 2.89 bits per heavy atom. The van der Waals surface area contributed by atoms with Gasteiger partial charge in [-0.25, -0.2) is 0 Å². The van der Waals surface area contributed by atoms with E-state index >= 15 is 0 Å². The van der Waals surface area contributed by atoms with E-state index in [1.165, 1.54) is 0 Å². The minimum atomic E-state index is -0.983. The topological polar surface area (TPSA) is 78.9 Å². The van der Waals surface area contributed by atoms with Gasteiger partial charge in [0.25, 0.3) is 0 Å². The van der Waals surface area contributed by atoms with Crippen LogP contribution >= 0.6 is 0 Å². The van der Waals surface area contributed by atoms with Crippen molar-refractivity contribution >= 4 is 11.8 Å². The van der Waals surface area contributed by atoms with Gasteiger partial charge in [0.2, 0.25) is 11.8 Å². The van der Waals surface area contributed by atoms with Crippen molar-refractivity contribution in [3.05, 3.63) is 0 Å². The van der Waals surface area contributed by atoms with Gasteiger partial charge in [-0.15, -0.1) is 0 Å². The fourth-order valence-electron chi connectivity index (χ4n) is 2.64. The molecule has 2 rings (SSSR count). The highest BCUT2D eigenvalue weighted by molar-refractivity contribution is 5.89. The van der Waals surface area contributed by atoms with E-state index < -0.39 is 5.60 Å². The van der Waals surface area contributed by atoms with Gasteiger partial charge in [0, 0.05) is 39.1 Å². The van der Waals surface area contributed by atoms with Crippen LogP contribution in [0, 0.1) is 5.92 Å². The second-order valence-electron chi connectivity index (χ2n) is 5.42. The van der Waals surface area contributed by atoms with Gasteiger partial charge in [0.1, 0.15) is 5.60 Å². The Labute approximate surface area is 113 Å². The molecule has 0 aromatic rings. The second-order valence-corrected chi connectivity index (χ2v) is 5.42. The molecule has 0 saturated carbocycles. The molecule has 2 saturated heterocycles. The molecule has 108 valence electrons. The molecular weight excluding hydrogens is 248 g/mol. The van der Waals surface area contributed by atoms with Crippen molar-refractivity contribution in [1.29, 1.82) is 0 Å². The molecule has 3 unspecified atom stereocenters. The van der Waals surface area contributed by atoms with Crippen LogP contribution in [-0.4, -0.2) is 59.8 Å². The minimum absolute atomic E-state index is 0.0268. The third-order valence-electron chi connectivity index (χ3n) is 4.20. The van der Waals surface area contributed by atoms with Gasteiger partial charge >= 0.3 is 0 Å². The number of hydrogen-bond donors (Lipinski definition) is 2. The molecule has 0 radical (unpaired) electrons. The number of hydrogen-bond acceptors (Lipinski definition) is 4. The maximum atomic E-state index is 12.0. The number of nitrogens with one attached hydrogen (secondary N) is 1. The molecule has 2 heterocycles. The van der Waals surface area contributed by atoms with Crippen molar-refractivity contribution in [1.82, 2.24) is 10.2 Å². The summed E-state index contributed by atoms with van der Waals surface area (Å²) in [6.45, 7) is 5.52. The first-order valence-corrected chi connectivity index (χ1v) is 6.85. The maximum Gasteiger partial charge on any atom is 0.225 e. The van der Waals surface area contributed by atoms with E-state index in [1.807, 2.05) is 6.92 Å². The van der Waals surface area contributed by atoms with Crippen molar-refractivity contribution in [3.63, 3.8) is 0 Å². The number of carbonyl (C=O) groups is 2. The lowest BCUT2D eigenvalue weighted by Gasteiger charge is -2.26.